The number of aliphatic hydroxyl groups is 2. The Morgan fingerprint density at radius 3 is 1.38 bits per heavy atom. The normalized spacial score (nSPS) is 14.4. The Hall–Kier alpha value is -0.426. The summed E-state index contributed by atoms with van der Waals surface area (Å²) < 4.78 is 0. The van der Waals surface area contributed by atoms with Gasteiger partial charge in [-0.15, -0.1) is 0 Å². The molecule has 0 heterocycles. The second-order valence-corrected chi connectivity index (χ2v) is 11.4. The summed E-state index contributed by atoms with van der Waals surface area (Å²) in [6.07, 6.45) is 0. The van der Waals surface area contributed by atoms with Crippen LogP contribution in [0.3, 0.4) is 0 Å². The van der Waals surface area contributed by atoms with Gasteiger partial charge in [0.1, 0.15) is 0 Å². The van der Waals surface area contributed by atoms with Crippen molar-refractivity contribution in [2.75, 3.05) is 0 Å². The van der Waals surface area contributed by atoms with E-state index >= 15 is 0 Å². The summed E-state index contributed by atoms with van der Waals surface area (Å²) in [6, 6.07) is 8.27. The minimum atomic E-state index is -0.692. The molecule has 0 aromatic heterocycles. The van der Waals surface area contributed by atoms with E-state index in [-0.39, 0.29) is 0 Å². The van der Waals surface area contributed by atoms with E-state index in [1.807, 2.05) is 39.8 Å². The molecule has 2 N–H and O–H groups in total. The van der Waals surface area contributed by atoms with Crippen LogP contribution in [0.2, 0.25) is 0 Å². The Morgan fingerprint density at radius 2 is 1.12 bits per heavy atom. The fraction of sp³-hybridized carbons (Fsp3) is 0.500. The maximum atomic E-state index is 9.91. The second-order valence-electron chi connectivity index (χ2n) is 5.75. The van der Waals surface area contributed by atoms with Crippen LogP contribution in [0.4, 0.5) is 0 Å². The number of rotatable bonds is 4. The quantitative estimate of drug-likeness (QED) is 0.658. The standard InChI is InChI=1S/C12H22O2Si2/c1-11(2,13)15-9-7-5-6-8-10(9)16-12(3,4)14/h5-8,13-14H,15-16H2,1-4H3. The van der Waals surface area contributed by atoms with Gasteiger partial charge in [-0.05, 0) is 27.7 Å². The van der Waals surface area contributed by atoms with E-state index in [2.05, 4.69) is 12.1 Å². The molecule has 0 spiro atoms. The van der Waals surface area contributed by atoms with Crippen LogP contribution in [-0.4, -0.2) is 39.7 Å². The average molecular weight is 254 g/mol. The lowest BCUT2D eigenvalue weighted by atomic mass is 10.4. The van der Waals surface area contributed by atoms with E-state index in [9.17, 15) is 10.2 Å². The number of benzene rings is 1. The van der Waals surface area contributed by atoms with Gasteiger partial charge < -0.3 is 10.2 Å². The van der Waals surface area contributed by atoms with E-state index in [1.54, 1.807) is 0 Å². The lowest BCUT2D eigenvalue weighted by Gasteiger charge is -2.22. The lowest BCUT2D eigenvalue weighted by Crippen LogP contribution is -2.49. The molecule has 0 saturated carbocycles. The first-order valence-corrected chi connectivity index (χ1v) is 8.52. The van der Waals surface area contributed by atoms with Gasteiger partial charge in [0, 0.05) is 10.4 Å². The van der Waals surface area contributed by atoms with E-state index in [1.165, 1.54) is 10.4 Å². The monoisotopic (exact) mass is 254 g/mol. The molecule has 90 valence electrons. The van der Waals surface area contributed by atoms with Crippen molar-refractivity contribution in [3.05, 3.63) is 24.3 Å². The van der Waals surface area contributed by atoms with E-state index < -0.39 is 29.5 Å². The van der Waals surface area contributed by atoms with Crippen molar-refractivity contribution >= 4 is 29.4 Å². The zero-order valence-electron chi connectivity index (χ0n) is 10.6. The van der Waals surface area contributed by atoms with Crippen LogP contribution in [-0.2, 0) is 0 Å². The minimum Gasteiger partial charge on any atom is -0.394 e. The Labute approximate surface area is 102 Å². The molecule has 0 unspecified atom stereocenters. The smallest absolute Gasteiger partial charge is 0.0913 e. The molecule has 4 heteroatoms. The van der Waals surface area contributed by atoms with Crippen LogP contribution >= 0.6 is 0 Å². The van der Waals surface area contributed by atoms with Gasteiger partial charge >= 0.3 is 0 Å². The molecule has 1 rings (SSSR count). The molecule has 16 heavy (non-hydrogen) atoms. The fourth-order valence-electron chi connectivity index (χ4n) is 1.83. The first-order chi connectivity index (χ1) is 7.17. The predicted octanol–water partition coefficient (Wildman–Crippen LogP) is -1.27. The molecule has 0 aliphatic rings. The Morgan fingerprint density at radius 1 is 0.812 bits per heavy atom. The predicted molar refractivity (Wildman–Crippen MR) is 75.4 cm³/mol. The first-order valence-electron chi connectivity index (χ1n) is 5.69. The molecule has 0 aliphatic carbocycles. The highest BCUT2D eigenvalue weighted by Gasteiger charge is 2.20. The van der Waals surface area contributed by atoms with Gasteiger partial charge in [0.05, 0.1) is 19.0 Å². The van der Waals surface area contributed by atoms with Crippen LogP contribution < -0.4 is 10.4 Å². The summed E-state index contributed by atoms with van der Waals surface area (Å²) in [5, 5.41) is 21.3. The summed E-state index contributed by atoms with van der Waals surface area (Å²) in [5.74, 6) is 0. The molecule has 1 aromatic rings. The van der Waals surface area contributed by atoms with Crippen molar-refractivity contribution in [1.82, 2.24) is 0 Å². The van der Waals surface area contributed by atoms with Gasteiger partial charge in [-0.3, -0.25) is 0 Å². The van der Waals surface area contributed by atoms with Crippen LogP contribution in [0.5, 0.6) is 0 Å². The summed E-state index contributed by atoms with van der Waals surface area (Å²) in [4.78, 5) is 0. The molecular formula is C12H22O2Si2. The van der Waals surface area contributed by atoms with Crippen molar-refractivity contribution < 1.29 is 10.2 Å². The average Bonchev–Trinajstić information content (AvgIpc) is 2.03. The number of hydrogen-bond donors (Lipinski definition) is 2. The molecule has 0 saturated heterocycles. The van der Waals surface area contributed by atoms with Gasteiger partial charge in [-0.25, -0.2) is 0 Å². The van der Waals surface area contributed by atoms with Crippen LogP contribution in [0, 0.1) is 0 Å². The third kappa shape index (κ3) is 5.07. The van der Waals surface area contributed by atoms with E-state index in [0.29, 0.717) is 0 Å². The molecule has 1 aromatic carbocycles. The van der Waals surface area contributed by atoms with E-state index in [0.717, 1.165) is 0 Å². The fourth-order valence-corrected chi connectivity index (χ4v) is 5.65. The van der Waals surface area contributed by atoms with Crippen molar-refractivity contribution in [1.29, 1.82) is 0 Å². The molecule has 0 fully saturated rings. The molecule has 0 aliphatic heterocycles. The highest BCUT2D eigenvalue weighted by atomic mass is 28.2. The summed E-state index contributed by atoms with van der Waals surface area (Å²) in [6.45, 7) is 7.51. The Kier molecular flexibility index (Phi) is 4.12. The maximum Gasteiger partial charge on any atom is 0.0913 e. The van der Waals surface area contributed by atoms with Gasteiger partial charge in [0.2, 0.25) is 0 Å². The molecular weight excluding hydrogens is 232 g/mol. The van der Waals surface area contributed by atoms with Gasteiger partial charge in [0.25, 0.3) is 0 Å². The number of hydrogen-bond acceptors (Lipinski definition) is 2. The SMILES string of the molecule is CC(C)(O)[SiH2]c1ccccc1[SiH2]C(C)(C)O. The summed E-state index contributed by atoms with van der Waals surface area (Å²) >= 11 is 0. The first kappa shape index (κ1) is 13.6. The highest BCUT2D eigenvalue weighted by Crippen LogP contribution is 2.00. The second kappa shape index (κ2) is 4.83. The summed E-state index contributed by atoms with van der Waals surface area (Å²) in [5.41, 5.74) is 0. The van der Waals surface area contributed by atoms with Crippen LogP contribution in [0.25, 0.3) is 0 Å². The minimum absolute atomic E-state index is 0.551. The zero-order chi connectivity index (χ0) is 12.4. The van der Waals surface area contributed by atoms with Crippen molar-refractivity contribution in [2.24, 2.45) is 0 Å². The van der Waals surface area contributed by atoms with Crippen molar-refractivity contribution in [3.63, 3.8) is 0 Å². The maximum absolute atomic E-state index is 9.91. The van der Waals surface area contributed by atoms with E-state index in [4.69, 9.17) is 0 Å². The molecule has 0 atom stereocenters. The molecule has 0 bridgehead atoms. The zero-order valence-corrected chi connectivity index (χ0v) is 13.4. The highest BCUT2D eigenvalue weighted by molar-refractivity contribution is 6.68. The van der Waals surface area contributed by atoms with Gasteiger partial charge in [0.15, 0.2) is 0 Å². The summed E-state index contributed by atoms with van der Waals surface area (Å²) in [7, 11) is -1.38. The van der Waals surface area contributed by atoms with Crippen molar-refractivity contribution in [2.45, 2.75) is 38.1 Å². The molecule has 0 amide bonds. The molecule has 0 radical (unpaired) electrons. The Bertz CT molecular complexity index is 316. The van der Waals surface area contributed by atoms with Gasteiger partial charge in [-0.1, -0.05) is 34.6 Å². The van der Waals surface area contributed by atoms with Crippen molar-refractivity contribution in [3.8, 4) is 0 Å². The third-order valence-electron chi connectivity index (χ3n) is 2.36. The topological polar surface area (TPSA) is 40.5 Å². The van der Waals surface area contributed by atoms with Crippen LogP contribution in [0.1, 0.15) is 27.7 Å². The molecule has 2 nitrogen and oxygen atoms in total. The Balaban J connectivity index is 2.92. The van der Waals surface area contributed by atoms with Crippen LogP contribution in [0.15, 0.2) is 24.3 Å². The largest absolute Gasteiger partial charge is 0.394 e. The lowest BCUT2D eigenvalue weighted by molar-refractivity contribution is 0.166. The van der Waals surface area contributed by atoms with Gasteiger partial charge in [-0.2, -0.15) is 0 Å². The third-order valence-corrected chi connectivity index (χ3v) is 6.74.